The standard InChI is InChI=1S/C24H18Cl2N2O3S/c1-30-21-12-15(10-11-20(21)31-14-16-6-2-3-7-17(16)25)13-22-23(29)28-24(32-22)27-19-9-5-4-8-18(19)26/h2-13H,14H2,1H3,(H,27,28,29)/b22-13-. The quantitative estimate of drug-likeness (QED) is 0.407. The summed E-state index contributed by atoms with van der Waals surface area (Å²) in [4.78, 5) is 17.3. The van der Waals surface area contributed by atoms with Gasteiger partial charge in [0.05, 0.1) is 22.7 Å². The summed E-state index contributed by atoms with van der Waals surface area (Å²) in [6, 6.07) is 20.2. The van der Waals surface area contributed by atoms with Crippen LogP contribution in [0.1, 0.15) is 11.1 Å². The van der Waals surface area contributed by atoms with Crippen LogP contribution in [-0.4, -0.2) is 18.2 Å². The number of hydrogen-bond acceptors (Lipinski definition) is 5. The fraction of sp³-hybridized carbons (Fsp3) is 0.0833. The molecule has 3 aromatic rings. The lowest BCUT2D eigenvalue weighted by molar-refractivity contribution is -0.115. The third-order valence-electron chi connectivity index (χ3n) is 4.55. The van der Waals surface area contributed by atoms with E-state index in [1.165, 1.54) is 11.8 Å². The molecule has 0 unspecified atom stereocenters. The molecule has 5 nitrogen and oxygen atoms in total. The summed E-state index contributed by atoms with van der Waals surface area (Å²) in [5.74, 6) is 0.914. The highest BCUT2D eigenvalue weighted by molar-refractivity contribution is 8.18. The van der Waals surface area contributed by atoms with E-state index in [2.05, 4.69) is 10.3 Å². The van der Waals surface area contributed by atoms with Crippen molar-refractivity contribution in [1.82, 2.24) is 5.32 Å². The number of ether oxygens (including phenoxy) is 2. The van der Waals surface area contributed by atoms with Crippen molar-refractivity contribution in [3.05, 3.63) is 92.8 Å². The van der Waals surface area contributed by atoms with Gasteiger partial charge >= 0.3 is 0 Å². The van der Waals surface area contributed by atoms with Crippen LogP contribution in [0, 0.1) is 0 Å². The maximum absolute atomic E-state index is 12.4. The van der Waals surface area contributed by atoms with Crippen LogP contribution in [-0.2, 0) is 11.4 Å². The third-order valence-corrected chi connectivity index (χ3v) is 6.15. The van der Waals surface area contributed by atoms with E-state index in [1.807, 2.05) is 48.5 Å². The number of rotatable bonds is 6. The van der Waals surface area contributed by atoms with Crippen molar-refractivity contribution in [3.63, 3.8) is 0 Å². The molecule has 0 radical (unpaired) electrons. The number of para-hydroxylation sites is 1. The zero-order valence-electron chi connectivity index (χ0n) is 17.0. The molecule has 0 bridgehead atoms. The minimum absolute atomic E-state index is 0.223. The Labute approximate surface area is 200 Å². The van der Waals surface area contributed by atoms with E-state index in [9.17, 15) is 4.79 Å². The molecule has 1 heterocycles. The first-order valence-corrected chi connectivity index (χ1v) is 11.2. The Morgan fingerprint density at radius 3 is 2.50 bits per heavy atom. The second-order valence-corrected chi connectivity index (χ2v) is 8.57. The maximum Gasteiger partial charge on any atom is 0.264 e. The molecule has 1 aliphatic heterocycles. The number of methoxy groups -OCH3 is 1. The summed E-state index contributed by atoms with van der Waals surface area (Å²) in [6.07, 6.45) is 1.77. The summed E-state index contributed by atoms with van der Waals surface area (Å²) < 4.78 is 11.4. The second-order valence-electron chi connectivity index (χ2n) is 6.72. The van der Waals surface area contributed by atoms with Gasteiger partial charge in [0.25, 0.3) is 5.91 Å². The first kappa shape index (κ1) is 22.3. The van der Waals surface area contributed by atoms with Crippen LogP contribution in [0.3, 0.4) is 0 Å². The van der Waals surface area contributed by atoms with Gasteiger partial charge in [-0.2, -0.15) is 0 Å². The van der Waals surface area contributed by atoms with Crippen molar-refractivity contribution in [3.8, 4) is 11.5 Å². The Hall–Kier alpha value is -2.93. The van der Waals surface area contributed by atoms with Crippen molar-refractivity contribution in [1.29, 1.82) is 0 Å². The number of aliphatic imine (C=N–C) groups is 1. The molecule has 1 amide bonds. The topological polar surface area (TPSA) is 59.9 Å². The molecule has 1 saturated heterocycles. The van der Waals surface area contributed by atoms with Gasteiger partial charge in [0.2, 0.25) is 0 Å². The number of halogens is 2. The van der Waals surface area contributed by atoms with Crippen LogP contribution in [0.15, 0.2) is 76.6 Å². The zero-order chi connectivity index (χ0) is 22.5. The molecule has 32 heavy (non-hydrogen) atoms. The van der Waals surface area contributed by atoms with Crippen LogP contribution < -0.4 is 14.8 Å². The van der Waals surface area contributed by atoms with Crippen molar-refractivity contribution < 1.29 is 14.3 Å². The number of hydrogen-bond donors (Lipinski definition) is 1. The molecule has 0 spiro atoms. The monoisotopic (exact) mass is 484 g/mol. The van der Waals surface area contributed by atoms with Crippen molar-refractivity contribution >= 4 is 57.8 Å². The fourth-order valence-corrected chi connectivity index (χ4v) is 4.15. The fourth-order valence-electron chi connectivity index (χ4n) is 2.95. The minimum atomic E-state index is -0.223. The highest BCUT2D eigenvalue weighted by Gasteiger charge is 2.24. The summed E-state index contributed by atoms with van der Waals surface area (Å²) in [5, 5.41) is 4.40. The number of amidine groups is 1. The van der Waals surface area contributed by atoms with Crippen LogP contribution >= 0.6 is 35.0 Å². The number of amides is 1. The van der Waals surface area contributed by atoms with E-state index < -0.39 is 0 Å². The number of nitrogens with one attached hydrogen (secondary N) is 1. The molecule has 8 heteroatoms. The van der Waals surface area contributed by atoms with Crippen LogP contribution in [0.5, 0.6) is 11.5 Å². The number of carbonyl (C=O) groups excluding carboxylic acids is 1. The maximum atomic E-state index is 12.4. The summed E-state index contributed by atoms with van der Waals surface area (Å²) in [7, 11) is 1.57. The molecule has 1 N–H and O–H groups in total. The van der Waals surface area contributed by atoms with Crippen molar-refractivity contribution in [2.24, 2.45) is 4.99 Å². The second kappa shape index (κ2) is 10.1. The Bertz CT molecular complexity index is 1230. The first-order chi connectivity index (χ1) is 15.5. The zero-order valence-corrected chi connectivity index (χ0v) is 19.3. The molecule has 162 valence electrons. The van der Waals surface area contributed by atoms with Gasteiger partial charge in [0.15, 0.2) is 16.7 Å². The normalized spacial score (nSPS) is 15.8. The van der Waals surface area contributed by atoms with Gasteiger partial charge in [-0.1, -0.05) is 59.6 Å². The summed E-state index contributed by atoms with van der Waals surface area (Å²) in [5.41, 5.74) is 2.27. The van der Waals surface area contributed by atoms with Gasteiger partial charge in [-0.3, -0.25) is 4.79 Å². The molecular weight excluding hydrogens is 467 g/mol. The lowest BCUT2D eigenvalue weighted by Crippen LogP contribution is -2.19. The number of benzene rings is 3. The summed E-state index contributed by atoms with van der Waals surface area (Å²) >= 11 is 13.6. The van der Waals surface area contributed by atoms with E-state index in [0.717, 1.165) is 11.1 Å². The highest BCUT2D eigenvalue weighted by Crippen LogP contribution is 2.34. The molecule has 1 aliphatic rings. The lowest BCUT2D eigenvalue weighted by atomic mass is 10.2. The predicted molar refractivity (Wildman–Crippen MR) is 131 cm³/mol. The Kier molecular flexibility index (Phi) is 7.05. The van der Waals surface area contributed by atoms with Gasteiger partial charge in [0, 0.05) is 10.6 Å². The van der Waals surface area contributed by atoms with Gasteiger partial charge in [0.1, 0.15) is 6.61 Å². The number of nitrogens with zero attached hydrogens (tertiary/aromatic N) is 1. The Morgan fingerprint density at radius 2 is 1.75 bits per heavy atom. The predicted octanol–water partition coefficient (Wildman–Crippen LogP) is 6.47. The van der Waals surface area contributed by atoms with Crippen LogP contribution in [0.25, 0.3) is 6.08 Å². The van der Waals surface area contributed by atoms with Gasteiger partial charge < -0.3 is 14.8 Å². The van der Waals surface area contributed by atoms with Crippen molar-refractivity contribution in [2.75, 3.05) is 7.11 Å². The van der Waals surface area contributed by atoms with Crippen LogP contribution in [0.2, 0.25) is 10.0 Å². The molecule has 0 atom stereocenters. The van der Waals surface area contributed by atoms with Crippen molar-refractivity contribution in [2.45, 2.75) is 6.61 Å². The summed E-state index contributed by atoms with van der Waals surface area (Å²) in [6.45, 7) is 0.316. The average Bonchev–Trinajstić information content (AvgIpc) is 3.13. The average molecular weight is 485 g/mol. The molecule has 3 aromatic carbocycles. The Morgan fingerprint density at radius 1 is 1.00 bits per heavy atom. The molecule has 0 saturated carbocycles. The number of thioether (sulfide) groups is 1. The minimum Gasteiger partial charge on any atom is -0.493 e. The van der Waals surface area contributed by atoms with E-state index in [0.29, 0.717) is 43.9 Å². The smallest absolute Gasteiger partial charge is 0.264 e. The molecule has 0 aliphatic carbocycles. The van der Waals surface area contributed by atoms with E-state index in [4.69, 9.17) is 32.7 Å². The number of carbonyl (C=O) groups is 1. The molecular formula is C24H18Cl2N2O3S. The van der Waals surface area contributed by atoms with Gasteiger partial charge in [-0.25, -0.2) is 4.99 Å². The highest BCUT2D eigenvalue weighted by atomic mass is 35.5. The third kappa shape index (κ3) is 5.27. The largest absolute Gasteiger partial charge is 0.493 e. The first-order valence-electron chi connectivity index (χ1n) is 9.62. The van der Waals surface area contributed by atoms with Gasteiger partial charge in [-0.15, -0.1) is 0 Å². The molecule has 4 rings (SSSR count). The van der Waals surface area contributed by atoms with E-state index in [1.54, 1.807) is 31.4 Å². The molecule has 1 fully saturated rings. The lowest BCUT2D eigenvalue weighted by Gasteiger charge is -2.12. The van der Waals surface area contributed by atoms with Gasteiger partial charge in [-0.05, 0) is 53.7 Å². The molecule has 0 aromatic heterocycles. The Balaban J connectivity index is 1.51. The van der Waals surface area contributed by atoms with E-state index in [-0.39, 0.29) is 5.91 Å². The van der Waals surface area contributed by atoms with E-state index >= 15 is 0 Å². The van der Waals surface area contributed by atoms with Crippen LogP contribution in [0.4, 0.5) is 5.69 Å². The SMILES string of the molecule is COc1cc(/C=C2\SC(=Nc3ccccc3Cl)NC2=O)ccc1OCc1ccccc1Cl.